The number of allylic oxidation sites excluding steroid dienone is 6. The normalized spacial score (nSPS) is 12.5. The van der Waals surface area contributed by atoms with Gasteiger partial charge in [-0.2, -0.15) is 0 Å². The van der Waals surface area contributed by atoms with Gasteiger partial charge >= 0.3 is 0 Å². The zero-order chi connectivity index (χ0) is 102. The Labute approximate surface area is 906 Å². The molecule has 1 fully saturated rings. The van der Waals surface area contributed by atoms with Crippen LogP contribution in [-0.2, 0) is 81.1 Å². The molecule has 0 atom stereocenters. The summed E-state index contributed by atoms with van der Waals surface area (Å²) in [5, 5.41) is 46.7. The third kappa shape index (κ3) is 25.8. The summed E-state index contributed by atoms with van der Waals surface area (Å²) in [6, 6.07) is 84.9. The Balaban J connectivity index is 0.000000162. The number of pyridine rings is 6. The first kappa shape index (κ1) is 113. The Hall–Kier alpha value is -12.4. The van der Waals surface area contributed by atoms with E-state index >= 15 is 0 Å². The summed E-state index contributed by atoms with van der Waals surface area (Å²) in [7, 11) is 0. The maximum atomic E-state index is 11.7. The molecule has 3 radical (unpaired) electrons. The summed E-state index contributed by atoms with van der Waals surface area (Å²) in [4.78, 5) is 63.9. The number of nitrogens with zero attached hydrogens (tertiary/aromatic N) is 6. The summed E-state index contributed by atoms with van der Waals surface area (Å²) in [6.07, 6.45) is 26.1. The maximum Gasteiger partial charge on any atom is 0.216 e. The Morgan fingerprint density at radius 3 is 1.01 bits per heavy atom. The van der Waals surface area contributed by atoms with Crippen molar-refractivity contribution < 1.29 is 103 Å². The van der Waals surface area contributed by atoms with E-state index in [-0.39, 0.29) is 130 Å². The second-order valence-corrected chi connectivity index (χ2v) is 38.9. The van der Waals surface area contributed by atoms with Crippen molar-refractivity contribution in [1.29, 1.82) is 0 Å². The van der Waals surface area contributed by atoms with Crippen molar-refractivity contribution in [1.82, 2.24) is 29.9 Å². The van der Waals surface area contributed by atoms with Crippen molar-refractivity contribution in [3.8, 4) is 44.9 Å². The molecule has 19 aromatic rings. The van der Waals surface area contributed by atoms with E-state index in [9.17, 15) is 29.7 Å². The summed E-state index contributed by atoms with van der Waals surface area (Å²) in [6.45, 7) is 35.0. The van der Waals surface area contributed by atoms with E-state index in [1.807, 2.05) is 113 Å². The molecular formula is C129H137Ir3N6O9-3. The van der Waals surface area contributed by atoms with E-state index in [4.69, 9.17) is 28.2 Å². The monoisotopic (exact) mass is 2490 g/mol. The molecule has 0 bridgehead atoms. The van der Waals surface area contributed by atoms with Crippen molar-refractivity contribution in [2.75, 3.05) is 0 Å². The molecule has 18 heteroatoms. The molecule has 20 rings (SSSR count). The Bertz CT molecular complexity index is 7790. The average molecular weight is 2490 g/mol. The van der Waals surface area contributed by atoms with Crippen LogP contribution in [0.25, 0.3) is 176 Å². The topological polar surface area (TPSA) is 229 Å². The first-order chi connectivity index (χ1) is 69.9. The molecule has 0 saturated heterocycles. The van der Waals surface area contributed by atoms with Gasteiger partial charge in [-0.05, 0) is 234 Å². The van der Waals surface area contributed by atoms with Crippen LogP contribution in [0.1, 0.15) is 233 Å². The molecule has 15 nitrogen and oxygen atoms in total. The van der Waals surface area contributed by atoms with Gasteiger partial charge in [-0.25, -0.2) is 15.0 Å². The van der Waals surface area contributed by atoms with Crippen LogP contribution in [0.4, 0.5) is 0 Å². The van der Waals surface area contributed by atoms with Crippen LogP contribution in [0.5, 0.6) is 0 Å². The largest absolute Gasteiger partial charge is 0.512 e. The van der Waals surface area contributed by atoms with E-state index in [1.165, 1.54) is 98.1 Å². The molecule has 767 valence electrons. The molecule has 9 heterocycles. The number of rotatable bonds is 28. The van der Waals surface area contributed by atoms with Crippen molar-refractivity contribution in [3.05, 3.63) is 312 Å². The number of carbonyl (C=O) groups excluding carboxylic acids is 3. The number of ketones is 3. The Kier molecular flexibility index (Phi) is 40.9. The molecule has 0 spiro atoms. The van der Waals surface area contributed by atoms with Crippen molar-refractivity contribution >= 4 is 149 Å². The zero-order valence-corrected chi connectivity index (χ0v) is 95.0. The van der Waals surface area contributed by atoms with Gasteiger partial charge in [-0.3, -0.25) is 29.3 Å². The van der Waals surface area contributed by atoms with Gasteiger partial charge in [0.1, 0.15) is 0 Å². The second kappa shape index (κ2) is 53.0. The smallest absolute Gasteiger partial charge is 0.216 e. The van der Waals surface area contributed by atoms with Crippen LogP contribution in [0, 0.1) is 80.4 Å². The molecule has 1 saturated carbocycles. The van der Waals surface area contributed by atoms with Crippen LogP contribution in [-0.4, -0.2) is 62.6 Å². The number of hydrogen-bond donors (Lipinski definition) is 3. The van der Waals surface area contributed by atoms with Crippen LogP contribution in [0.3, 0.4) is 0 Å². The summed E-state index contributed by atoms with van der Waals surface area (Å²) >= 11 is 0. The van der Waals surface area contributed by atoms with Gasteiger partial charge in [0.2, 0.25) is 17.1 Å². The standard InChI is InChI=1S/C31H19N2O.C30H23N2O.C29H23N2O.3C13H24O2.3Ir/c1-19-16-25-23-12-7-15-32-31(23)34-30(25)26(17-19)28-18-24(20-8-3-2-4-9-20)29-22-11-6-5-10-21(22)13-14-27(29)33-28;1-18-15-24-22-11-6-14-31-30(22)33-29(24)25(16-18)27-17-23(19-7-2-3-8-19)28-21-10-5-4-9-20(21)12-13-26(28)32-27;1-17(2)13-20-16-26(31-25-11-10-19-7-4-5-8-21(19)27(20)25)24-15-18(3)14-23-22-9-6-12-30-29(22)32-28(23)24;3*1-5-10(6-2)12(14)9-13(15)11(7-3)8-4;;;/h2-16,18H,1H3;4-6,9-15,17,19H,2-3,7-8H2,1H3;4-12,14,16-17H,13H2,1-3H3;3*9-11,14H,5-8H2,1-4H3;;;/q3*-1;;;;;;. The van der Waals surface area contributed by atoms with E-state index < -0.39 is 0 Å². The van der Waals surface area contributed by atoms with Gasteiger partial charge in [0.15, 0.2) is 17.3 Å². The first-order valence-electron chi connectivity index (χ1n) is 52.4. The number of aromatic nitrogens is 6. The number of aryl methyl sites for hydroxylation is 3. The number of hydrogen-bond acceptors (Lipinski definition) is 15. The maximum absolute atomic E-state index is 11.7. The first-order valence-corrected chi connectivity index (χ1v) is 52.4. The van der Waals surface area contributed by atoms with E-state index in [0.717, 1.165) is 216 Å². The molecule has 147 heavy (non-hydrogen) atoms. The van der Waals surface area contributed by atoms with Crippen molar-refractivity contribution in [3.63, 3.8) is 0 Å². The van der Waals surface area contributed by atoms with Gasteiger partial charge in [-0.15, -0.1) is 53.1 Å². The third-order valence-electron chi connectivity index (χ3n) is 29.0. The molecule has 0 amide bonds. The number of carbonyl (C=O) groups is 3. The minimum absolute atomic E-state index is 0. The number of furan rings is 3. The number of aliphatic hydroxyl groups excluding tert-OH is 3. The minimum Gasteiger partial charge on any atom is -0.512 e. The summed E-state index contributed by atoms with van der Waals surface area (Å²) in [5.41, 5.74) is 20.9. The van der Waals surface area contributed by atoms with Crippen LogP contribution < -0.4 is 0 Å². The van der Waals surface area contributed by atoms with Crippen LogP contribution >= 0.6 is 0 Å². The fraction of sp³-hybridized carbons (Fsp3) is 0.326. The molecular weight excluding hydrogens is 2350 g/mol. The van der Waals surface area contributed by atoms with Crippen LogP contribution in [0.15, 0.2) is 280 Å². The van der Waals surface area contributed by atoms with Crippen LogP contribution in [0.2, 0.25) is 0 Å². The SMILES string of the molecule is CCC(CC)C(=O)C=C(O)C(CC)CC.CCC(CC)C(=O)C=C(O)C(CC)CC.CCC(CC)C(=O)C=C(O)C(CC)CC.Cc1[c-]c(-c2cc(-c3ccccc3)c3c(ccc4ccccc43)n2)c2oc3ncccc3c2c1.Cc1[c-]c(-c2cc(C3CCCC3)c3c(ccc4ccccc43)n2)c2oc3ncccc3c2c1.Cc1[c-]c(-c2cc(CC(C)C)c3c(ccc4ccccc43)n2)c2oc3ncccc3c2c1.[Ir].[Ir].[Ir]. The number of aliphatic hydroxyl groups is 3. The van der Waals surface area contributed by atoms with Gasteiger partial charge < -0.3 is 28.6 Å². The van der Waals surface area contributed by atoms with E-state index in [0.29, 0.717) is 29.0 Å². The molecule has 3 N–H and O–H groups in total. The summed E-state index contributed by atoms with van der Waals surface area (Å²) in [5.74, 6) is 2.74. The van der Waals surface area contributed by atoms with Crippen molar-refractivity contribution in [2.45, 2.75) is 233 Å². The predicted molar refractivity (Wildman–Crippen MR) is 597 cm³/mol. The molecule has 1 aliphatic carbocycles. The van der Waals surface area contributed by atoms with Gasteiger partial charge in [0.25, 0.3) is 0 Å². The Morgan fingerprint density at radius 1 is 0.347 bits per heavy atom. The molecule has 0 unspecified atom stereocenters. The molecule has 10 aromatic carbocycles. The molecule has 0 aliphatic heterocycles. The van der Waals surface area contributed by atoms with E-state index in [2.05, 4.69) is 250 Å². The number of benzene rings is 10. The summed E-state index contributed by atoms with van der Waals surface area (Å²) < 4.78 is 18.7. The third-order valence-corrected chi connectivity index (χ3v) is 29.0. The fourth-order valence-electron chi connectivity index (χ4n) is 20.8. The molecule has 9 aromatic heterocycles. The minimum atomic E-state index is 0. The fourth-order valence-corrected chi connectivity index (χ4v) is 20.8. The quantitative estimate of drug-likeness (QED) is 0.0179. The van der Waals surface area contributed by atoms with Gasteiger partial charge in [0.05, 0.1) is 50.6 Å². The zero-order valence-electron chi connectivity index (χ0n) is 87.8. The second-order valence-electron chi connectivity index (χ2n) is 38.9. The van der Waals surface area contributed by atoms with Gasteiger partial charge in [0, 0.05) is 165 Å². The predicted octanol–water partition coefficient (Wildman–Crippen LogP) is 35.5. The van der Waals surface area contributed by atoms with Crippen molar-refractivity contribution in [2.24, 2.45) is 41.4 Å². The average Bonchev–Trinajstić information content (AvgIpc) is 1.71. The van der Waals surface area contributed by atoms with E-state index in [1.54, 1.807) is 18.6 Å². The number of fused-ring (bicyclic) bond motifs is 18. The van der Waals surface area contributed by atoms with Gasteiger partial charge in [-0.1, -0.05) is 303 Å². The Morgan fingerprint density at radius 2 is 0.653 bits per heavy atom. The molecule has 1 aliphatic rings.